The van der Waals surface area contributed by atoms with E-state index in [0.717, 1.165) is 11.1 Å². The van der Waals surface area contributed by atoms with Crippen LogP contribution in [-0.4, -0.2) is 6.54 Å². The predicted octanol–water partition coefficient (Wildman–Crippen LogP) is 4.54. The fourth-order valence-corrected chi connectivity index (χ4v) is 2.64. The number of hydrogen-bond acceptors (Lipinski definition) is 2. The van der Waals surface area contributed by atoms with E-state index in [-0.39, 0.29) is 0 Å². The largest absolute Gasteiger partial charge is 0.486 e. The molecule has 0 spiro atoms. The van der Waals surface area contributed by atoms with Gasteiger partial charge in [0.1, 0.15) is 6.61 Å². The van der Waals surface area contributed by atoms with E-state index in [1.165, 1.54) is 0 Å². The summed E-state index contributed by atoms with van der Waals surface area (Å²) in [5.74, 6) is 6.20. The van der Waals surface area contributed by atoms with Crippen LogP contribution in [0.2, 0.25) is 15.1 Å². The van der Waals surface area contributed by atoms with Gasteiger partial charge in [-0.05, 0) is 29.8 Å². The lowest BCUT2D eigenvalue weighted by molar-refractivity contribution is 0.306. The Morgan fingerprint density at radius 2 is 1.76 bits per heavy atom. The second kappa shape index (κ2) is 7.59. The van der Waals surface area contributed by atoms with Gasteiger partial charge in [0.25, 0.3) is 0 Å². The molecule has 0 saturated carbocycles. The van der Waals surface area contributed by atoms with Crippen LogP contribution in [0.15, 0.2) is 36.4 Å². The minimum Gasteiger partial charge on any atom is -0.486 e. The Bertz CT molecular complexity index is 681. The quantitative estimate of drug-likeness (QED) is 0.833. The van der Waals surface area contributed by atoms with Crippen molar-refractivity contribution >= 4 is 34.8 Å². The SMILES string of the molecule is NCC#Cc1cccc(COc2c(Cl)cc(Cl)cc2Cl)c1. The first-order valence-electron chi connectivity index (χ1n) is 6.15. The van der Waals surface area contributed by atoms with Crippen molar-refractivity contribution in [2.24, 2.45) is 5.73 Å². The Kier molecular flexibility index (Phi) is 5.78. The molecular formula is C16H12Cl3NO. The first-order valence-corrected chi connectivity index (χ1v) is 7.29. The standard InChI is InChI=1S/C16H12Cl3NO/c17-13-8-14(18)16(15(19)9-13)21-10-12-4-1-3-11(7-12)5-2-6-20/h1,3-4,7-9H,6,10,20H2. The lowest BCUT2D eigenvalue weighted by atomic mass is 10.1. The Morgan fingerprint density at radius 1 is 1.05 bits per heavy atom. The molecule has 0 fully saturated rings. The molecule has 2 N–H and O–H groups in total. The minimum atomic E-state index is 0.330. The maximum absolute atomic E-state index is 6.07. The van der Waals surface area contributed by atoms with Gasteiger partial charge < -0.3 is 10.5 Å². The lowest BCUT2D eigenvalue weighted by Gasteiger charge is -2.10. The van der Waals surface area contributed by atoms with E-state index >= 15 is 0 Å². The van der Waals surface area contributed by atoms with Crippen molar-refractivity contribution in [2.75, 3.05) is 6.54 Å². The van der Waals surface area contributed by atoms with Crippen LogP contribution in [0, 0.1) is 11.8 Å². The average molecular weight is 341 g/mol. The van der Waals surface area contributed by atoms with Gasteiger partial charge in [0.2, 0.25) is 0 Å². The van der Waals surface area contributed by atoms with Crippen molar-refractivity contribution in [1.29, 1.82) is 0 Å². The molecule has 2 nitrogen and oxygen atoms in total. The third-order valence-corrected chi connectivity index (χ3v) is 3.39. The van der Waals surface area contributed by atoms with Crippen molar-refractivity contribution in [3.8, 4) is 17.6 Å². The molecule has 0 aliphatic heterocycles. The zero-order valence-electron chi connectivity index (χ0n) is 11.0. The van der Waals surface area contributed by atoms with E-state index in [9.17, 15) is 0 Å². The Hall–Kier alpha value is -1.37. The van der Waals surface area contributed by atoms with E-state index in [1.807, 2.05) is 24.3 Å². The lowest BCUT2D eigenvalue weighted by Crippen LogP contribution is -1.97. The highest BCUT2D eigenvalue weighted by Gasteiger charge is 2.09. The number of halogens is 3. The first-order chi connectivity index (χ1) is 10.1. The molecule has 0 aliphatic carbocycles. The van der Waals surface area contributed by atoms with Crippen molar-refractivity contribution in [3.63, 3.8) is 0 Å². The molecule has 0 amide bonds. The first kappa shape index (κ1) is 16.0. The van der Waals surface area contributed by atoms with Gasteiger partial charge in [0.15, 0.2) is 5.75 Å². The molecule has 0 unspecified atom stereocenters. The van der Waals surface area contributed by atoms with Crippen LogP contribution in [0.4, 0.5) is 0 Å². The summed E-state index contributed by atoms with van der Waals surface area (Å²) >= 11 is 18.0. The minimum absolute atomic E-state index is 0.330. The van der Waals surface area contributed by atoms with E-state index < -0.39 is 0 Å². The van der Waals surface area contributed by atoms with Crippen LogP contribution in [-0.2, 0) is 6.61 Å². The molecule has 21 heavy (non-hydrogen) atoms. The second-order valence-electron chi connectivity index (χ2n) is 4.19. The maximum Gasteiger partial charge on any atom is 0.157 e. The van der Waals surface area contributed by atoms with Crippen LogP contribution >= 0.6 is 34.8 Å². The summed E-state index contributed by atoms with van der Waals surface area (Å²) in [6.45, 7) is 0.663. The van der Waals surface area contributed by atoms with Gasteiger partial charge in [0.05, 0.1) is 16.6 Å². The Balaban J connectivity index is 2.13. The number of benzene rings is 2. The molecule has 0 saturated heterocycles. The number of ether oxygens (including phenoxy) is 1. The van der Waals surface area contributed by atoms with Crippen LogP contribution in [0.3, 0.4) is 0 Å². The summed E-state index contributed by atoms with van der Waals surface area (Å²) in [5, 5.41) is 1.23. The summed E-state index contributed by atoms with van der Waals surface area (Å²) in [4.78, 5) is 0. The van der Waals surface area contributed by atoms with Gasteiger partial charge in [-0.2, -0.15) is 0 Å². The fourth-order valence-electron chi connectivity index (χ4n) is 1.71. The molecule has 0 radical (unpaired) electrons. The van der Waals surface area contributed by atoms with Crippen molar-refractivity contribution < 1.29 is 4.74 Å². The highest BCUT2D eigenvalue weighted by molar-refractivity contribution is 6.40. The summed E-state index contributed by atoms with van der Waals surface area (Å²) in [7, 11) is 0. The molecule has 108 valence electrons. The van der Waals surface area contributed by atoms with E-state index in [4.69, 9.17) is 45.3 Å². The van der Waals surface area contributed by atoms with Gasteiger partial charge in [-0.1, -0.05) is 58.8 Å². The van der Waals surface area contributed by atoms with Crippen molar-refractivity contribution in [2.45, 2.75) is 6.61 Å². The van der Waals surface area contributed by atoms with Crippen LogP contribution in [0.5, 0.6) is 5.75 Å². The van der Waals surface area contributed by atoms with Gasteiger partial charge in [-0.15, -0.1) is 0 Å². The second-order valence-corrected chi connectivity index (χ2v) is 5.44. The van der Waals surface area contributed by atoms with Crippen molar-refractivity contribution in [1.82, 2.24) is 0 Å². The number of nitrogens with two attached hydrogens (primary N) is 1. The van der Waals surface area contributed by atoms with Gasteiger partial charge in [-0.3, -0.25) is 0 Å². The monoisotopic (exact) mass is 339 g/mol. The average Bonchev–Trinajstić information content (AvgIpc) is 2.44. The van der Waals surface area contributed by atoms with Gasteiger partial charge >= 0.3 is 0 Å². The van der Waals surface area contributed by atoms with Gasteiger partial charge in [-0.25, -0.2) is 0 Å². The molecule has 0 bridgehead atoms. The maximum atomic E-state index is 6.07. The summed E-state index contributed by atoms with van der Waals surface area (Å²) in [6.07, 6.45) is 0. The van der Waals surface area contributed by atoms with Gasteiger partial charge in [0, 0.05) is 10.6 Å². The molecule has 0 aliphatic rings. The van der Waals surface area contributed by atoms with Crippen molar-refractivity contribution in [3.05, 3.63) is 62.6 Å². The number of hydrogen-bond donors (Lipinski definition) is 1. The predicted molar refractivity (Wildman–Crippen MR) is 88.2 cm³/mol. The summed E-state index contributed by atoms with van der Waals surface area (Å²) in [5.41, 5.74) is 7.20. The highest BCUT2D eigenvalue weighted by Crippen LogP contribution is 2.36. The highest BCUT2D eigenvalue weighted by atomic mass is 35.5. The van der Waals surface area contributed by atoms with Crippen LogP contribution in [0.1, 0.15) is 11.1 Å². The zero-order chi connectivity index (χ0) is 15.2. The molecule has 5 heteroatoms. The zero-order valence-corrected chi connectivity index (χ0v) is 13.3. The van der Waals surface area contributed by atoms with Crippen LogP contribution < -0.4 is 10.5 Å². The summed E-state index contributed by atoms with van der Waals surface area (Å²) < 4.78 is 5.67. The molecule has 0 atom stereocenters. The molecule has 0 heterocycles. The summed E-state index contributed by atoms with van der Waals surface area (Å²) in [6, 6.07) is 10.9. The smallest absolute Gasteiger partial charge is 0.157 e. The van der Waals surface area contributed by atoms with Crippen LogP contribution in [0.25, 0.3) is 0 Å². The Labute approximate surface area is 138 Å². The molecule has 2 aromatic rings. The molecule has 2 aromatic carbocycles. The fraction of sp³-hybridized carbons (Fsp3) is 0.125. The van der Waals surface area contributed by atoms with E-state index in [0.29, 0.717) is 34.0 Å². The number of rotatable bonds is 3. The third kappa shape index (κ3) is 4.56. The normalized spacial score (nSPS) is 9.90. The molecule has 2 rings (SSSR count). The van der Waals surface area contributed by atoms with E-state index in [1.54, 1.807) is 12.1 Å². The Morgan fingerprint density at radius 3 is 2.43 bits per heavy atom. The molecule has 0 aromatic heterocycles. The van der Waals surface area contributed by atoms with E-state index in [2.05, 4.69) is 11.8 Å². The third-order valence-electron chi connectivity index (χ3n) is 2.61. The topological polar surface area (TPSA) is 35.2 Å². The molecular weight excluding hydrogens is 329 g/mol.